The number of halogens is 1. The van der Waals surface area contributed by atoms with Gasteiger partial charge in [-0.05, 0) is 37.6 Å². The van der Waals surface area contributed by atoms with Crippen LogP contribution in [-0.2, 0) is 0 Å². The largest absolute Gasteiger partial charge is 0.375 e. The second-order valence-electron chi connectivity index (χ2n) is 7.01. The van der Waals surface area contributed by atoms with Crippen LogP contribution in [0.1, 0.15) is 24.4 Å². The summed E-state index contributed by atoms with van der Waals surface area (Å²) in [6, 6.07) is 7.52. The van der Waals surface area contributed by atoms with Crippen LogP contribution in [0.25, 0.3) is 27.3 Å². The van der Waals surface area contributed by atoms with E-state index in [4.69, 9.17) is 4.98 Å². The van der Waals surface area contributed by atoms with Gasteiger partial charge in [-0.15, -0.1) is 11.3 Å². The van der Waals surface area contributed by atoms with E-state index in [0.29, 0.717) is 32.9 Å². The Hall–Kier alpha value is -3.59. The molecule has 0 saturated carbocycles. The molecule has 150 valence electrons. The van der Waals surface area contributed by atoms with Gasteiger partial charge in [-0.1, -0.05) is 12.1 Å². The van der Waals surface area contributed by atoms with Crippen LogP contribution in [0, 0.1) is 12.7 Å². The molecule has 1 atom stereocenters. The Morgan fingerprint density at radius 2 is 2.13 bits per heavy atom. The molecule has 0 aliphatic rings. The Labute approximate surface area is 174 Å². The third-order valence-electron chi connectivity index (χ3n) is 4.98. The fourth-order valence-corrected chi connectivity index (χ4v) is 4.46. The SMILES string of the molecule is Cc1csc2nc([C@H](C)Nc3ccnc4[nH]cnc34)c(-c3cccc(F)c3)c(=O)n12. The number of nitrogens with one attached hydrogen (secondary N) is 2. The molecule has 0 amide bonds. The Morgan fingerprint density at radius 1 is 1.27 bits per heavy atom. The van der Waals surface area contributed by atoms with Crippen molar-refractivity contribution in [2.45, 2.75) is 19.9 Å². The highest BCUT2D eigenvalue weighted by Gasteiger charge is 2.22. The zero-order chi connectivity index (χ0) is 20.8. The van der Waals surface area contributed by atoms with Gasteiger partial charge < -0.3 is 10.3 Å². The topological polar surface area (TPSA) is 88.0 Å². The molecule has 0 spiro atoms. The maximum atomic E-state index is 14.0. The molecule has 30 heavy (non-hydrogen) atoms. The smallest absolute Gasteiger partial charge is 0.266 e. The number of fused-ring (bicyclic) bond motifs is 2. The molecule has 4 aromatic heterocycles. The van der Waals surface area contributed by atoms with Gasteiger partial charge in [-0.25, -0.2) is 19.3 Å². The molecular weight excluding hydrogens is 403 g/mol. The van der Waals surface area contributed by atoms with Gasteiger partial charge in [0.05, 0.1) is 29.3 Å². The number of benzene rings is 1. The normalized spacial score (nSPS) is 12.5. The minimum absolute atomic E-state index is 0.215. The maximum absolute atomic E-state index is 14.0. The van der Waals surface area contributed by atoms with E-state index in [0.717, 1.165) is 11.4 Å². The first-order valence-corrected chi connectivity index (χ1v) is 10.2. The fraction of sp³-hybridized carbons (Fsp3) is 0.143. The molecule has 0 radical (unpaired) electrons. The van der Waals surface area contributed by atoms with Crippen molar-refractivity contribution in [2.75, 3.05) is 5.32 Å². The Kier molecular flexibility index (Phi) is 4.32. The summed E-state index contributed by atoms with van der Waals surface area (Å²) in [6.45, 7) is 3.77. The second-order valence-corrected chi connectivity index (χ2v) is 7.84. The van der Waals surface area contributed by atoms with Crippen LogP contribution in [0.2, 0.25) is 0 Å². The first kappa shape index (κ1) is 18.4. The van der Waals surface area contributed by atoms with Gasteiger partial charge in [0.2, 0.25) is 0 Å². The Balaban J connectivity index is 1.70. The predicted molar refractivity (Wildman–Crippen MR) is 115 cm³/mol. The standard InChI is InChI=1S/C21H17FN6OS/c1-11-9-30-21-27-17(12(2)26-15-6-7-23-19-18(15)24-10-25-19)16(20(29)28(11)21)13-4-3-5-14(22)8-13/h3-10,12H,1-2H3,(H2,23,24,25,26)/t12-/m0/s1. The van der Waals surface area contributed by atoms with Gasteiger partial charge in [0.1, 0.15) is 11.3 Å². The number of hydrogen-bond acceptors (Lipinski definition) is 6. The average molecular weight is 420 g/mol. The highest BCUT2D eigenvalue weighted by molar-refractivity contribution is 7.15. The van der Waals surface area contributed by atoms with E-state index >= 15 is 0 Å². The Bertz CT molecular complexity index is 1450. The number of anilines is 1. The van der Waals surface area contributed by atoms with Crippen LogP contribution in [0.5, 0.6) is 0 Å². The van der Waals surface area contributed by atoms with Crippen molar-refractivity contribution in [3.63, 3.8) is 0 Å². The zero-order valence-electron chi connectivity index (χ0n) is 16.2. The predicted octanol–water partition coefficient (Wildman–Crippen LogP) is 4.31. The highest BCUT2D eigenvalue weighted by atomic mass is 32.1. The van der Waals surface area contributed by atoms with Crippen LogP contribution in [-0.4, -0.2) is 24.3 Å². The summed E-state index contributed by atoms with van der Waals surface area (Å²) in [5, 5.41) is 5.27. The highest BCUT2D eigenvalue weighted by Crippen LogP contribution is 2.30. The molecule has 7 nitrogen and oxygen atoms in total. The van der Waals surface area contributed by atoms with Gasteiger partial charge in [-0.2, -0.15) is 0 Å². The maximum Gasteiger partial charge on any atom is 0.266 e. The summed E-state index contributed by atoms with van der Waals surface area (Å²) >= 11 is 1.40. The van der Waals surface area contributed by atoms with Gasteiger partial charge in [0.25, 0.3) is 5.56 Å². The van der Waals surface area contributed by atoms with Gasteiger partial charge in [-0.3, -0.25) is 9.20 Å². The minimum Gasteiger partial charge on any atom is -0.375 e. The lowest BCUT2D eigenvalue weighted by Gasteiger charge is -2.18. The van der Waals surface area contributed by atoms with Crippen molar-refractivity contribution >= 4 is 33.1 Å². The van der Waals surface area contributed by atoms with Crippen molar-refractivity contribution in [1.29, 1.82) is 0 Å². The number of aromatic nitrogens is 5. The Morgan fingerprint density at radius 3 is 2.97 bits per heavy atom. The molecule has 4 heterocycles. The van der Waals surface area contributed by atoms with Crippen molar-refractivity contribution in [1.82, 2.24) is 24.3 Å². The van der Waals surface area contributed by atoms with E-state index in [-0.39, 0.29) is 11.6 Å². The van der Waals surface area contributed by atoms with Crippen LogP contribution >= 0.6 is 11.3 Å². The van der Waals surface area contributed by atoms with Gasteiger partial charge in [0, 0.05) is 17.3 Å². The van der Waals surface area contributed by atoms with Crippen LogP contribution in [0.4, 0.5) is 10.1 Å². The van der Waals surface area contributed by atoms with E-state index in [9.17, 15) is 9.18 Å². The number of thiazole rings is 1. The quantitative estimate of drug-likeness (QED) is 0.452. The van der Waals surface area contributed by atoms with E-state index in [2.05, 4.69) is 20.3 Å². The first-order chi connectivity index (χ1) is 14.5. The lowest BCUT2D eigenvalue weighted by atomic mass is 10.0. The number of hydrogen-bond donors (Lipinski definition) is 2. The number of nitrogens with zero attached hydrogens (tertiary/aromatic N) is 4. The number of aromatic amines is 1. The number of pyridine rings is 1. The second kappa shape index (κ2) is 7.03. The minimum atomic E-state index is -0.405. The van der Waals surface area contributed by atoms with Crippen LogP contribution in [0.3, 0.4) is 0 Å². The molecule has 5 aromatic rings. The lowest BCUT2D eigenvalue weighted by molar-refractivity contribution is 0.628. The molecule has 0 aliphatic heterocycles. The molecule has 0 fully saturated rings. The van der Waals surface area contributed by atoms with Crippen molar-refractivity contribution in [3.05, 3.63) is 75.8 Å². The molecule has 0 bridgehead atoms. The summed E-state index contributed by atoms with van der Waals surface area (Å²) in [7, 11) is 0. The number of rotatable bonds is 4. The van der Waals surface area contributed by atoms with Crippen molar-refractivity contribution in [3.8, 4) is 11.1 Å². The third kappa shape index (κ3) is 2.94. The molecule has 1 aromatic carbocycles. The van der Waals surface area contributed by atoms with Crippen molar-refractivity contribution < 1.29 is 4.39 Å². The van der Waals surface area contributed by atoms with E-state index in [1.807, 2.05) is 25.3 Å². The van der Waals surface area contributed by atoms with E-state index < -0.39 is 5.82 Å². The van der Waals surface area contributed by atoms with Crippen LogP contribution < -0.4 is 10.9 Å². The van der Waals surface area contributed by atoms with Gasteiger partial charge >= 0.3 is 0 Å². The number of H-pyrrole nitrogens is 1. The molecular formula is C21H17FN6OS. The summed E-state index contributed by atoms with van der Waals surface area (Å²) in [5.74, 6) is -0.405. The molecule has 5 rings (SSSR count). The van der Waals surface area contributed by atoms with Crippen molar-refractivity contribution in [2.24, 2.45) is 0 Å². The molecule has 9 heteroatoms. The molecule has 2 N–H and O–H groups in total. The third-order valence-corrected chi connectivity index (χ3v) is 5.93. The molecule has 0 aliphatic carbocycles. The van der Waals surface area contributed by atoms with E-state index in [1.165, 1.54) is 23.5 Å². The first-order valence-electron chi connectivity index (χ1n) is 9.34. The summed E-state index contributed by atoms with van der Waals surface area (Å²) in [5.41, 5.74) is 4.13. The van der Waals surface area contributed by atoms with E-state index in [1.54, 1.807) is 29.1 Å². The summed E-state index contributed by atoms with van der Waals surface area (Å²) in [4.78, 5) is 30.3. The fourth-order valence-electron chi connectivity index (χ4n) is 3.59. The molecule has 0 unspecified atom stereocenters. The lowest BCUT2D eigenvalue weighted by Crippen LogP contribution is -2.22. The van der Waals surface area contributed by atoms with Gasteiger partial charge in [0.15, 0.2) is 10.6 Å². The summed E-state index contributed by atoms with van der Waals surface area (Å²) in [6.07, 6.45) is 3.26. The average Bonchev–Trinajstić information content (AvgIpc) is 3.35. The molecule has 0 saturated heterocycles. The zero-order valence-corrected chi connectivity index (χ0v) is 17.0. The summed E-state index contributed by atoms with van der Waals surface area (Å²) < 4.78 is 15.5. The number of imidazole rings is 1. The number of aryl methyl sites for hydroxylation is 1. The monoisotopic (exact) mass is 420 g/mol. The van der Waals surface area contributed by atoms with Crippen LogP contribution in [0.15, 0.2) is 53.0 Å².